The number of amides is 1. The van der Waals surface area contributed by atoms with Crippen molar-refractivity contribution in [1.29, 1.82) is 0 Å². The SMILES string of the molecule is CN=C(Cc1ccccc1)C(N)=O. The highest BCUT2D eigenvalue weighted by Crippen LogP contribution is 2.00. The molecule has 0 radical (unpaired) electrons. The molecule has 68 valence electrons. The maximum atomic E-state index is 10.8. The molecule has 0 atom stereocenters. The predicted octanol–water partition coefficient (Wildman–Crippen LogP) is 0.785. The summed E-state index contributed by atoms with van der Waals surface area (Å²) in [7, 11) is 1.57. The fourth-order valence-electron chi connectivity index (χ4n) is 1.07. The number of rotatable bonds is 3. The first-order chi connectivity index (χ1) is 6.24. The van der Waals surface area contributed by atoms with Crippen molar-refractivity contribution in [3.63, 3.8) is 0 Å². The van der Waals surface area contributed by atoms with Gasteiger partial charge in [0.2, 0.25) is 0 Å². The van der Waals surface area contributed by atoms with Crippen LogP contribution in [0.25, 0.3) is 0 Å². The van der Waals surface area contributed by atoms with Crippen LogP contribution >= 0.6 is 0 Å². The molecule has 0 fully saturated rings. The lowest BCUT2D eigenvalue weighted by molar-refractivity contribution is -0.112. The Balaban J connectivity index is 2.74. The van der Waals surface area contributed by atoms with E-state index in [0.29, 0.717) is 12.1 Å². The van der Waals surface area contributed by atoms with Crippen LogP contribution in [0.1, 0.15) is 5.56 Å². The molecule has 0 bridgehead atoms. The molecule has 0 aromatic heterocycles. The smallest absolute Gasteiger partial charge is 0.262 e. The van der Waals surface area contributed by atoms with Gasteiger partial charge in [-0.25, -0.2) is 0 Å². The van der Waals surface area contributed by atoms with Gasteiger partial charge in [-0.3, -0.25) is 9.79 Å². The van der Waals surface area contributed by atoms with Crippen molar-refractivity contribution in [3.8, 4) is 0 Å². The van der Waals surface area contributed by atoms with E-state index in [1.54, 1.807) is 7.05 Å². The zero-order chi connectivity index (χ0) is 9.68. The van der Waals surface area contributed by atoms with E-state index < -0.39 is 5.91 Å². The Bertz CT molecular complexity index is 317. The molecule has 2 N–H and O–H groups in total. The molecule has 0 aliphatic heterocycles. The number of nitrogens with zero attached hydrogens (tertiary/aromatic N) is 1. The van der Waals surface area contributed by atoms with E-state index in [-0.39, 0.29) is 0 Å². The minimum absolute atomic E-state index is 0.409. The number of hydrogen-bond acceptors (Lipinski definition) is 2. The van der Waals surface area contributed by atoms with Crippen molar-refractivity contribution in [3.05, 3.63) is 35.9 Å². The number of nitrogens with two attached hydrogens (primary N) is 1. The number of carbonyl (C=O) groups is 1. The largest absolute Gasteiger partial charge is 0.365 e. The van der Waals surface area contributed by atoms with Crippen LogP contribution in [-0.4, -0.2) is 18.7 Å². The van der Waals surface area contributed by atoms with E-state index in [1.807, 2.05) is 30.3 Å². The third-order valence-corrected chi connectivity index (χ3v) is 1.77. The fraction of sp³-hybridized carbons (Fsp3) is 0.200. The number of hydrogen-bond donors (Lipinski definition) is 1. The van der Waals surface area contributed by atoms with Crippen LogP contribution < -0.4 is 5.73 Å². The van der Waals surface area contributed by atoms with Crippen LogP contribution in [0, 0.1) is 0 Å². The van der Waals surface area contributed by atoms with Gasteiger partial charge < -0.3 is 5.73 Å². The Hall–Kier alpha value is -1.64. The van der Waals surface area contributed by atoms with Gasteiger partial charge in [0.25, 0.3) is 5.91 Å². The van der Waals surface area contributed by atoms with Gasteiger partial charge in [0.05, 0.1) is 0 Å². The Morgan fingerprint density at radius 3 is 2.46 bits per heavy atom. The number of carbonyl (C=O) groups excluding carboxylic acids is 1. The minimum atomic E-state index is -0.452. The van der Waals surface area contributed by atoms with E-state index in [4.69, 9.17) is 5.73 Å². The van der Waals surface area contributed by atoms with Crippen LogP contribution in [0.2, 0.25) is 0 Å². The Labute approximate surface area is 77.3 Å². The maximum absolute atomic E-state index is 10.8. The summed E-state index contributed by atoms with van der Waals surface area (Å²) in [6.07, 6.45) is 0.507. The zero-order valence-electron chi connectivity index (χ0n) is 7.53. The lowest BCUT2D eigenvalue weighted by atomic mass is 10.1. The topological polar surface area (TPSA) is 55.4 Å². The summed E-state index contributed by atoms with van der Waals surface area (Å²) in [5, 5.41) is 0. The summed E-state index contributed by atoms with van der Waals surface area (Å²) in [5.41, 5.74) is 6.58. The first-order valence-electron chi connectivity index (χ1n) is 4.03. The van der Waals surface area contributed by atoms with Crippen molar-refractivity contribution < 1.29 is 4.79 Å². The molecule has 3 heteroatoms. The molecule has 0 saturated heterocycles. The molecule has 1 aromatic rings. The third-order valence-electron chi connectivity index (χ3n) is 1.77. The normalized spacial score (nSPS) is 11.3. The number of benzene rings is 1. The summed E-state index contributed by atoms with van der Waals surface area (Å²) in [4.78, 5) is 14.7. The van der Waals surface area contributed by atoms with Crippen molar-refractivity contribution in [2.45, 2.75) is 6.42 Å². The summed E-state index contributed by atoms with van der Waals surface area (Å²) >= 11 is 0. The first-order valence-corrected chi connectivity index (χ1v) is 4.03. The zero-order valence-corrected chi connectivity index (χ0v) is 7.53. The summed E-state index contributed by atoms with van der Waals surface area (Å²) < 4.78 is 0. The van der Waals surface area contributed by atoms with Crippen molar-refractivity contribution in [2.75, 3.05) is 7.05 Å². The molecule has 0 aliphatic carbocycles. The standard InChI is InChI=1S/C10H12N2O/c1-12-9(10(11)13)7-8-5-3-2-4-6-8/h2-6H,7H2,1H3,(H2,11,13). The van der Waals surface area contributed by atoms with Crippen molar-refractivity contribution in [2.24, 2.45) is 10.7 Å². The quantitative estimate of drug-likeness (QED) is 0.680. The Morgan fingerprint density at radius 1 is 1.38 bits per heavy atom. The summed E-state index contributed by atoms with van der Waals surface area (Å²) in [5.74, 6) is -0.452. The van der Waals surface area contributed by atoms with Gasteiger partial charge in [-0.15, -0.1) is 0 Å². The summed E-state index contributed by atoms with van der Waals surface area (Å²) in [6.45, 7) is 0. The molecule has 3 nitrogen and oxygen atoms in total. The maximum Gasteiger partial charge on any atom is 0.262 e. The van der Waals surface area contributed by atoms with Gasteiger partial charge >= 0.3 is 0 Å². The molecule has 0 aliphatic rings. The van der Waals surface area contributed by atoms with Gasteiger partial charge in [0.1, 0.15) is 5.71 Å². The van der Waals surface area contributed by atoms with Crippen LogP contribution in [-0.2, 0) is 11.2 Å². The van der Waals surface area contributed by atoms with Gasteiger partial charge in [-0.05, 0) is 5.56 Å². The Morgan fingerprint density at radius 2 is 2.00 bits per heavy atom. The van der Waals surface area contributed by atoms with Gasteiger partial charge in [-0.2, -0.15) is 0 Å². The highest BCUT2D eigenvalue weighted by molar-refractivity contribution is 6.38. The van der Waals surface area contributed by atoms with Gasteiger partial charge in [0, 0.05) is 13.5 Å². The monoisotopic (exact) mass is 176 g/mol. The van der Waals surface area contributed by atoms with Gasteiger partial charge in [0.15, 0.2) is 0 Å². The second kappa shape index (κ2) is 4.40. The van der Waals surface area contributed by atoms with Crippen molar-refractivity contribution >= 4 is 11.6 Å². The Kier molecular flexibility index (Phi) is 3.20. The lowest BCUT2D eigenvalue weighted by Crippen LogP contribution is -2.25. The second-order valence-electron chi connectivity index (χ2n) is 2.70. The van der Waals surface area contributed by atoms with Crippen LogP contribution in [0.5, 0.6) is 0 Å². The molecule has 0 unspecified atom stereocenters. The van der Waals surface area contributed by atoms with E-state index >= 15 is 0 Å². The molecule has 1 rings (SSSR count). The van der Waals surface area contributed by atoms with Crippen LogP contribution in [0.4, 0.5) is 0 Å². The number of aliphatic imine (C=N–C) groups is 1. The molecule has 1 aromatic carbocycles. The molecule has 0 heterocycles. The molecular formula is C10H12N2O. The van der Waals surface area contributed by atoms with Crippen LogP contribution in [0.3, 0.4) is 0 Å². The molecule has 0 saturated carbocycles. The molecule has 1 amide bonds. The fourth-order valence-corrected chi connectivity index (χ4v) is 1.07. The summed E-state index contributed by atoms with van der Waals surface area (Å²) in [6, 6.07) is 9.64. The first kappa shape index (κ1) is 9.45. The average molecular weight is 176 g/mol. The minimum Gasteiger partial charge on any atom is -0.365 e. The predicted molar refractivity (Wildman–Crippen MR) is 52.7 cm³/mol. The van der Waals surface area contributed by atoms with E-state index in [1.165, 1.54) is 0 Å². The highest BCUT2D eigenvalue weighted by atomic mass is 16.1. The van der Waals surface area contributed by atoms with Gasteiger partial charge in [-0.1, -0.05) is 30.3 Å². The average Bonchev–Trinajstić information content (AvgIpc) is 2.15. The lowest BCUT2D eigenvalue weighted by Gasteiger charge is -2.00. The van der Waals surface area contributed by atoms with E-state index in [0.717, 1.165) is 5.56 Å². The van der Waals surface area contributed by atoms with E-state index in [9.17, 15) is 4.79 Å². The molecular weight excluding hydrogens is 164 g/mol. The molecule has 0 spiro atoms. The molecule has 13 heavy (non-hydrogen) atoms. The highest BCUT2D eigenvalue weighted by Gasteiger charge is 2.05. The van der Waals surface area contributed by atoms with E-state index in [2.05, 4.69) is 4.99 Å². The van der Waals surface area contributed by atoms with Crippen LogP contribution in [0.15, 0.2) is 35.3 Å². The second-order valence-corrected chi connectivity index (χ2v) is 2.70. The number of primary amides is 1. The van der Waals surface area contributed by atoms with Crippen molar-refractivity contribution in [1.82, 2.24) is 0 Å². The third kappa shape index (κ3) is 2.71.